The molecule has 0 aromatic carbocycles. The molecule has 0 spiro atoms. The van der Waals surface area contributed by atoms with Gasteiger partial charge in [-0.2, -0.15) is 0 Å². The average Bonchev–Trinajstić information content (AvgIpc) is 2.48. The van der Waals surface area contributed by atoms with E-state index in [4.69, 9.17) is 4.74 Å². The maximum atomic E-state index is 5.53. The molecule has 1 aliphatic heterocycles. The van der Waals surface area contributed by atoms with Gasteiger partial charge in [0.1, 0.15) is 6.33 Å². The Kier molecular flexibility index (Phi) is 4.68. The summed E-state index contributed by atoms with van der Waals surface area (Å²) >= 11 is 0. The zero-order valence-electron chi connectivity index (χ0n) is 13.1. The van der Waals surface area contributed by atoms with Crippen LogP contribution in [0.25, 0.3) is 0 Å². The van der Waals surface area contributed by atoms with E-state index in [9.17, 15) is 0 Å². The van der Waals surface area contributed by atoms with Crippen molar-refractivity contribution < 1.29 is 4.74 Å². The third-order valence-corrected chi connectivity index (χ3v) is 4.46. The van der Waals surface area contributed by atoms with Gasteiger partial charge in [-0.3, -0.25) is 0 Å². The van der Waals surface area contributed by atoms with Crippen LogP contribution in [-0.4, -0.2) is 36.7 Å². The highest BCUT2D eigenvalue weighted by atomic mass is 16.5. The van der Waals surface area contributed by atoms with Crippen LogP contribution in [0, 0.1) is 5.41 Å². The molecule has 112 valence electrons. The topological polar surface area (TPSA) is 50.3 Å². The first kappa shape index (κ1) is 14.9. The largest absolute Gasteiger partial charge is 0.490 e. The standard InChI is InChI=1S/C15H26N4O/c1-5-15(3)7-9-19(10-8-15)14-12(20-4)13(16-6-2)17-11-18-14/h11H,5-10H2,1-4H3,(H,16,17,18). The first-order chi connectivity index (χ1) is 9.63. The van der Waals surface area contributed by atoms with Crippen molar-refractivity contribution in [2.45, 2.75) is 40.0 Å². The molecule has 0 unspecified atom stereocenters. The minimum atomic E-state index is 0.473. The summed E-state index contributed by atoms with van der Waals surface area (Å²) in [7, 11) is 1.68. The normalized spacial score (nSPS) is 17.9. The summed E-state index contributed by atoms with van der Waals surface area (Å²) in [6, 6.07) is 0. The Morgan fingerprint density at radius 2 is 2.00 bits per heavy atom. The molecule has 1 aliphatic rings. The van der Waals surface area contributed by atoms with Crippen LogP contribution in [0.3, 0.4) is 0 Å². The summed E-state index contributed by atoms with van der Waals surface area (Å²) in [5.41, 5.74) is 0.473. The number of ether oxygens (including phenoxy) is 1. The summed E-state index contributed by atoms with van der Waals surface area (Å²) in [4.78, 5) is 11.0. The molecule has 1 N–H and O–H groups in total. The van der Waals surface area contributed by atoms with Gasteiger partial charge >= 0.3 is 0 Å². The number of hydrogen-bond acceptors (Lipinski definition) is 5. The summed E-state index contributed by atoms with van der Waals surface area (Å²) in [5.74, 6) is 2.45. The van der Waals surface area contributed by atoms with Gasteiger partial charge in [0.25, 0.3) is 0 Å². The fourth-order valence-corrected chi connectivity index (χ4v) is 2.68. The van der Waals surface area contributed by atoms with Crippen LogP contribution in [0.15, 0.2) is 6.33 Å². The Morgan fingerprint density at radius 1 is 1.30 bits per heavy atom. The van der Waals surface area contributed by atoms with Crippen molar-refractivity contribution in [1.82, 2.24) is 9.97 Å². The van der Waals surface area contributed by atoms with Gasteiger partial charge in [-0.05, 0) is 25.2 Å². The number of nitrogens with one attached hydrogen (secondary N) is 1. The zero-order chi connectivity index (χ0) is 14.6. The summed E-state index contributed by atoms with van der Waals surface area (Å²) in [6.07, 6.45) is 5.26. The highest BCUT2D eigenvalue weighted by molar-refractivity contribution is 5.64. The molecule has 1 aromatic rings. The number of anilines is 2. The monoisotopic (exact) mass is 278 g/mol. The lowest BCUT2D eigenvalue weighted by atomic mass is 9.78. The number of hydrogen-bond donors (Lipinski definition) is 1. The van der Waals surface area contributed by atoms with E-state index >= 15 is 0 Å². The summed E-state index contributed by atoms with van der Waals surface area (Å²) < 4.78 is 5.53. The Morgan fingerprint density at radius 3 is 2.55 bits per heavy atom. The van der Waals surface area contributed by atoms with Crippen LogP contribution in [0.4, 0.5) is 11.6 Å². The highest BCUT2D eigenvalue weighted by Crippen LogP contribution is 2.38. The molecule has 1 saturated heterocycles. The van der Waals surface area contributed by atoms with Crippen molar-refractivity contribution in [3.63, 3.8) is 0 Å². The van der Waals surface area contributed by atoms with Crippen molar-refractivity contribution in [2.75, 3.05) is 37.0 Å². The fourth-order valence-electron chi connectivity index (χ4n) is 2.68. The van der Waals surface area contributed by atoms with Crippen molar-refractivity contribution >= 4 is 11.6 Å². The zero-order valence-corrected chi connectivity index (χ0v) is 13.1. The van der Waals surface area contributed by atoms with Crippen molar-refractivity contribution in [3.05, 3.63) is 6.33 Å². The number of methoxy groups -OCH3 is 1. The molecule has 0 atom stereocenters. The van der Waals surface area contributed by atoms with Gasteiger partial charge in [0.15, 0.2) is 11.6 Å². The van der Waals surface area contributed by atoms with Gasteiger partial charge < -0.3 is 15.0 Å². The van der Waals surface area contributed by atoms with E-state index in [0.29, 0.717) is 5.41 Å². The van der Waals surface area contributed by atoms with Crippen molar-refractivity contribution in [1.29, 1.82) is 0 Å². The van der Waals surface area contributed by atoms with E-state index in [1.807, 2.05) is 0 Å². The van der Waals surface area contributed by atoms with Crippen LogP contribution >= 0.6 is 0 Å². The quantitative estimate of drug-likeness (QED) is 0.897. The lowest BCUT2D eigenvalue weighted by Gasteiger charge is -2.39. The van der Waals surface area contributed by atoms with Crippen LogP contribution in [-0.2, 0) is 0 Å². The Bertz CT molecular complexity index is 441. The third-order valence-electron chi connectivity index (χ3n) is 4.46. The SMILES string of the molecule is CCNc1ncnc(N2CCC(C)(CC)CC2)c1OC. The molecule has 0 bridgehead atoms. The second-order valence-electron chi connectivity index (χ2n) is 5.76. The molecule has 0 saturated carbocycles. The molecular formula is C15H26N4O. The van der Waals surface area contributed by atoms with Gasteiger partial charge in [-0.1, -0.05) is 20.3 Å². The molecular weight excluding hydrogens is 252 g/mol. The van der Waals surface area contributed by atoms with Crippen LogP contribution < -0.4 is 15.0 Å². The second-order valence-corrected chi connectivity index (χ2v) is 5.76. The number of nitrogens with zero attached hydrogens (tertiary/aromatic N) is 3. The molecule has 2 rings (SSSR count). The molecule has 0 amide bonds. The number of piperidine rings is 1. The predicted molar refractivity (Wildman–Crippen MR) is 82.6 cm³/mol. The molecule has 0 aliphatic carbocycles. The molecule has 1 aromatic heterocycles. The van der Waals surface area contributed by atoms with E-state index < -0.39 is 0 Å². The molecule has 5 heteroatoms. The van der Waals surface area contributed by atoms with Crippen LogP contribution in [0.1, 0.15) is 40.0 Å². The van der Waals surface area contributed by atoms with Gasteiger partial charge in [0.2, 0.25) is 5.75 Å². The Balaban J connectivity index is 2.19. The van der Waals surface area contributed by atoms with E-state index in [2.05, 4.69) is 41.0 Å². The van der Waals surface area contributed by atoms with E-state index in [-0.39, 0.29) is 0 Å². The maximum absolute atomic E-state index is 5.53. The molecule has 20 heavy (non-hydrogen) atoms. The first-order valence-corrected chi connectivity index (χ1v) is 7.51. The fraction of sp³-hybridized carbons (Fsp3) is 0.733. The summed E-state index contributed by atoms with van der Waals surface area (Å²) in [6.45, 7) is 9.60. The van der Waals surface area contributed by atoms with Gasteiger partial charge in [0, 0.05) is 19.6 Å². The average molecular weight is 278 g/mol. The lowest BCUT2D eigenvalue weighted by molar-refractivity contribution is 0.237. The van der Waals surface area contributed by atoms with E-state index in [1.54, 1.807) is 13.4 Å². The van der Waals surface area contributed by atoms with Gasteiger partial charge in [0.05, 0.1) is 7.11 Å². The minimum absolute atomic E-state index is 0.473. The van der Waals surface area contributed by atoms with E-state index in [0.717, 1.165) is 37.0 Å². The predicted octanol–water partition coefficient (Wildman–Crippen LogP) is 2.93. The van der Waals surface area contributed by atoms with Crippen molar-refractivity contribution in [2.24, 2.45) is 5.41 Å². The molecule has 0 radical (unpaired) electrons. The van der Waals surface area contributed by atoms with Crippen LogP contribution in [0.5, 0.6) is 5.75 Å². The Labute approximate surface area is 121 Å². The lowest BCUT2D eigenvalue weighted by Crippen LogP contribution is -2.39. The van der Waals surface area contributed by atoms with Gasteiger partial charge in [-0.25, -0.2) is 9.97 Å². The third kappa shape index (κ3) is 2.97. The highest BCUT2D eigenvalue weighted by Gasteiger charge is 2.30. The van der Waals surface area contributed by atoms with Crippen LogP contribution in [0.2, 0.25) is 0 Å². The summed E-state index contributed by atoms with van der Waals surface area (Å²) in [5, 5.41) is 3.23. The smallest absolute Gasteiger partial charge is 0.204 e. The first-order valence-electron chi connectivity index (χ1n) is 7.51. The Hall–Kier alpha value is -1.52. The number of rotatable bonds is 5. The van der Waals surface area contributed by atoms with E-state index in [1.165, 1.54) is 19.3 Å². The molecule has 2 heterocycles. The van der Waals surface area contributed by atoms with Gasteiger partial charge in [-0.15, -0.1) is 0 Å². The number of aromatic nitrogens is 2. The molecule has 1 fully saturated rings. The maximum Gasteiger partial charge on any atom is 0.204 e. The second kappa shape index (κ2) is 6.29. The van der Waals surface area contributed by atoms with Crippen molar-refractivity contribution in [3.8, 4) is 5.75 Å². The molecule has 5 nitrogen and oxygen atoms in total. The minimum Gasteiger partial charge on any atom is -0.490 e.